The Morgan fingerprint density at radius 3 is 2.65 bits per heavy atom. The molecule has 2 aromatic carbocycles. The molecule has 4 rings (SSSR count). The van der Waals surface area contributed by atoms with Gasteiger partial charge in [0.2, 0.25) is 0 Å². The Bertz CT molecular complexity index is 1240. The first-order valence-electron chi connectivity index (χ1n) is 8.30. The van der Waals surface area contributed by atoms with Crippen molar-refractivity contribution in [1.82, 2.24) is 9.38 Å². The van der Waals surface area contributed by atoms with Gasteiger partial charge in [0.05, 0.1) is 28.7 Å². The highest BCUT2D eigenvalue weighted by Crippen LogP contribution is 2.20. The highest BCUT2D eigenvalue weighted by molar-refractivity contribution is 5.88. The van der Waals surface area contributed by atoms with Crippen molar-refractivity contribution >= 4 is 22.9 Å². The van der Waals surface area contributed by atoms with Crippen molar-refractivity contribution < 1.29 is 0 Å². The number of nitriles is 1. The third-order valence-electron chi connectivity index (χ3n) is 4.52. The van der Waals surface area contributed by atoms with Crippen molar-refractivity contribution in [2.75, 3.05) is 0 Å². The van der Waals surface area contributed by atoms with E-state index in [0.717, 1.165) is 16.6 Å². The van der Waals surface area contributed by atoms with Crippen molar-refractivity contribution in [3.8, 4) is 6.07 Å². The molecule has 0 fully saturated rings. The van der Waals surface area contributed by atoms with Crippen LogP contribution in [-0.4, -0.2) is 15.6 Å². The number of aliphatic imine (C=N–C) groups is 1. The number of benzene rings is 2. The summed E-state index contributed by atoms with van der Waals surface area (Å²) in [6.45, 7) is 2.27. The first kappa shape index (κ1) is 15.9. The molecule has 0 saturated heterocycles. The lowest BCUT2D eigenvalue weighted by molar-refractivity contribution is 1.07. The summed E-state index contributed by atoms with van der Waals surface area (Å²) in [5.74, 6) is 0. The second-order valence-corrected chi connectivity index (χ2v) is 6.11. The lowest BCUT2D eigenvalue weighted by atomic mass is 10.1. The van der Waals surface area contributed by atoms with Crippen LogP contribution in [0.3, 0.4) is 0 Å². The Morgan fingerprint density at radius 1 is 1.15 bits per heavy atom. The van der Waals surface area contributed by atoms with Gasteiger partial charge in [0.1, 0.15) is 11.7 Å². The molecule has 0 spiro atoms. The fourth-order valence-corrected chi connectivity index (χ4v) is 3.17. The van der Waals surface area contributed by atoms with E-state index < -0.39 is 0 Å². The quantitative estimate of drug-likeness (QED) is 0.579. The highest BCUT2D eigenvalue weighted by atomic mass is 16.1. The van der Waals surface area contributed by atoms with Gasteiger partial charge in [-0.2, -0.15) is 5.26 Å². The van der Waals surface area contributed by atoms with E-state index in [1.807, 2.05) is 54.6 Å². The number of aromatic nitrogens is 2. The maximum atomic E-state index is 13.1. The van der Waals surface area contributed by atoms with Crippen LogP contribution >= 0.6 is 0 Å². The molecular weight excluding hydrogens is 324 g/mol. The van der Waals surface area contributed by atoms with Gasteiger partial charge in [-0.1, -0.05) is 42.5 Å². The molecule has 0 saturated carbocycles. The SMILES string of the molecule is Cc1c(C=NCc2ccccc2)c(=O)n2c([nH]c3ccccc32)c1C#N. The van der Waals surface area contributed by atoms with Gasteiger partial charge in [0, 0.05) is 6.21 Å². The first-order chi connectivity index (χ1) is 12.7. The number of nitrogens with one attached hydrogen (secondary N) is 1. The van der Waals surface area contributed by atoms with E-state index in [9.17, 15) is 10.1 Å². The molecule has 2 heterocycles. The van der Waals surface area contributed by atoms with Crippen LogP contribution in [0, 0.1) is 18.3 Å². The van der Waals surface area contributed by atoms with Crippen LogP contribution in [0.2, 0.25) is 0 Å². The molecule has 2 aromatic heterocycles. The molecule has 26 heavy (non-hydrogen) atoms. The number of para-hydroxylation sites is 2. The van der Waals surface area contributed by atoms with Crippen LogP contribution in [0.5, 0.6) is 0 Å². The van der Waals surface area contributed by atoms with Gasteiger partial charge in [-0.15, -0.1) is 0 Å². The monoisotopic (exact) mass is 340 g/mol. The average Bonchev–Trinajstić information content (AvgIpc) is 3.05. The number of pyridine rings is 1. The molecule has 0 aliphatic heterocycles. The zero-order valence-corrected chi connectivity index (χ0v) is 14.2. The maximum absolute atomic E-state index is 13.1. The number of hydrogen-bond donors (Lipinski definition) is 1. The molecule has 0 radical (unpaired) electrons. The summed E-state index contributed by atoms with van der Waals surface area (Å²) in [7, 11) is 0. The number of rotatable bonds is 3. The fraction of sp³-hybridized carbons (Fsp3) is 0.0952. The summed E-state index contributed by atoms with van der Waals surface area (Å²) in [6.07, 6.45) is 1.58. The summed E-state index contributed by atoms with van der Waals surface area (Å²) in [5.41, 5.74) is 4.53. The predicted octanol–water partition coefficient (Wildman–Crippen LogP) is 3.58. The van der Waals surface area contributed by atoms with E-state index >= 15 is 0 Å². The smallest absolute Gasteiger partial charge is 0.265 e. The lowest BCUT2D eigenvalue weighted by Gasteiger charge is -2.05. The molecule has 126 valence electrons. The Morgan fingerprint density at radius 2 is 1.88 bits per heavy atom. The van der Waals surface area contributed by atoms with E-state index in [0.29, 0.717) is 28.9 Å². The van der Waals surface area contributed by atoms with Gasteiger partial charge < -0.3 is 4.98 Å². The molecular formula is C21H16N4O. The van der Waals surface area contributed by atoms with Crippen molar-refractivity contribution in [2.45, 2.75) is 13.5 Å². The number of hydrogen-bond acceptors (Lipinski definition) is 3. The second kappa shape index (κ2) is 6.34. The van der Waals surface area contributed by atoms with Crippen molar-refractivity contribution in [3.63, 3.8) is 0 Å². The van der Waals surface area contributed by atoms with Gasteiger partial charge in [-0.25, -0.2) is 0 Å². The van der Waals surface area contributed by atoms with Crippen molar-refractivity contribution in [3.05, 3.63) is 87.2 Å². The zero-order chi connectivity index (χ0) is 18.1. The van der Waals surface area contributed by atoms with E-state index in [1.54, 1.807) is 17.5 Å². The highest BCUT2D eigenvalue weighted by Gasteiger charge is 2.17. The Kier molecular flexibility index (Phi) is 3.86. The molecule has 0 amide bonds. The first-order valence-corrected chi connectivity index (χ1v) is 8.30. The van der Waals surface area contributed by atoms with Crippen LogP contribution in [0.25, 0.3) is 16.7 Å². The third kappa shape index (κ3) is 2.49. The largest absolute Gasteiger partial charge is 0.338 e. The topological polar surface area (TPSA) is 73.4 Å². The minimum atomic E-state index is -0.175. The van der Waals surface area contributed by atoms with Crippen LogP contribution < -0.4 is 5.56 Å². The molecule has 4 aromatic rings. The Labute approximate surface area is 149 Å². The Balaban J connectivity index is 1.91. The normalized spacial score (nSPS) is 11.4. The number of aromatic amines is 1. The molecule has 5 heteroatoms. The molecule has 0 aliphatic rings. The predicted molar refractivity (Wildman–Crippen MR) is 103 cm³/mol. The average molecular weight is 340 g/mol. The van der Waals surface area contributed by atoms with Gasteiger partial charge in [0.25, 0.3) is 5.56 Å². The van der Waals surface area contributed by atoms with E-state index in [4.69, 9.17) is 0 Å². The molecule has 0 atom stereocenters. The van der Waals surface area contributed by atoms with Crippen LogP contribution in [-0.2, 0) is 6.54 Å². The molecule has 5 nitrogen and oxygen atoms in total. The minimum absolute atomic E-state index is 0.175. The zero-order valence-electron chi connectivity index (χ0n) is 14.2. The number of imidazole rings is 1. The lowest BCUT2D eigenvalue weighted by Crippen LogP contribution is -2.20. The Hall–Kier alpha value is -3.65. The molecule has 0 aliphatic carbocycles. The standard InChI is InChI=1S/C21H16N4O/c1-14-16(11-22)20-24-18-9-5-6-10-19(18)25(20)21(26)17(14)13-23-12-15-7-3-2-4-8-15/h2-10,13,24H,12H2,1H3. The van der Waals surface area contributed by atoms with Crippen molar-refractivity contribution in [2.24, 2.45) is 4.99 Å². The van der Waals surface area contributed by atoms with Crippen LogP contribution in [0.4, 0.5) is 0 Å². The summed E-state index contributed by atoms with van der Waals surface area (Å²) < 4.78 is 1.56. The van der Waals surface area contributed by atoms with Crippen LogP contribution in [0.1, 0.15) is 22.3 Å². The molecule has 0 unspecified atom stereocenters. The van der Waals surface area contributed by atoms with Gasteiger partial charge in [-0.3, -0.25) is 14.2 Å². The maximum Gasteiger partial charge on any atom is 0.265 e. The summed E-state index contributed by atoms with van der Waals surface area (Å²) in [6, 6.07) is 19.6. The van der Waals surface area contributed by atoms with Gasteiger partial charge in [-0.05, 0) is 30.2 Å². The molecule has 0 bridgehead atoms. The van der Waals surface area contributed by atoms with Gasteiger partial charge >= 0.3 is 0 Å². The van der Waals surface area contributed by atoms with Gasteiger partial charge in [0.15, 0.2) is 0 Å². The minimum Gasteiger partial charge on any atom is -0.338 e. The molecule has 1 N–H and O–H groups in total. The summed E-state index contributed by atoms with van der Waals surface area (Å²) in [5, 5.41) is 9.63. The number of nitrogens with zero attached hydrogens (tertiary/aromatic N) is 3. The van der Waals surface area contributed by atoms with E-state index in [2.05, 4.69) is 16.0 Å². The van der Waals surface area contributed by atoms with E-state index in [-0.39, 0.29) is 5.56 Å². The summed E-state index contributed by atoms with van der Waals surface area (Å²) in [4.78, 5) is 20.7. The van der Waals surface area contributed by atoms with Crippen molar-refractivity contribution in [1.29, 1.82) is 5.26 Å². The van der Waals surface area contributed by atoms with Crippen LogP contribution in [0.15, 0.2) is 64.4 Å². The summed E-state index contributed by atoms with van der Waals surface area (Å²) >= 11 is 0. The number of fused-ring (bicyclic) bond motifs is 3. The third-order valence-corrected chi connectivity index (χ3v) is 4.52. The second-order valence-electron chi connectivity index (χ2n) is 6.11. The van der Waals surface area contributed by atoms with E-state index in [1.165, 1.54) is 0 Å². The number of H-pyrrole nitrogens is 1. The fourth-order valence-electron chi connectivity index (χ4n) is 3.17.